The highest BCUT2D eigenvalue weighted by molar-refractivity contribution is 14.1. The molecule has 12 heteroatoms. The zero-order chi connectivity index (χ0) is 25.1. The number of pyridine rings is 2. The molecule has 9 nitrogen and oxygen atoms in total. The number of fused-ring (bicyclic) bond motifs is 1. The van der Waals surface area contributed by atoms with Gasteiger partial charge in [-0.05, 0) is 58.3 Å². The minimum atomic E-state index is 0.376. The lowest BCUT2D eigenvalue weighted by Crippen LogP contribution is -2.00. The van der Waals surface area contributed by atoms with Crippen molar-refractivity contribution in [2.45, 2.75) is 19.8 Å². The Morgan fingerprint density at radius 1 is 0.914 bits per heavy atom. The van der Waals surface area contributed by atoms with Gasteiger partial charge in [-0.1, -0.05) is 37.0 Å². The van der Waals surface area contributed by atoms with E-state index in [2.05, 4.69) is 72.1 Å². The lowest BCUT2D eigenvalue weighted by Gasteiger charge is -2.09. The van der Waals surface area contributed by atoms with Crippen molar-refractivity contribution in [3.8, 4) is 11.1 Å². The van der Waals surface area contributed by atoms with Crippen LogP contribution in [0.4, 0.5) is 11.6 Å². The first-order valence-electron chi connectivity index (χ1n) is 10.6. The summed E-state index contributed by atoms with van der Waals surface area (Å²) in [5, 5.41) is 20.5. The quantitative estimate of drug-likeness (QED) is 0.245. The Labute approximate surface area is 226 Å². The van der Waals surface area contributed by atoms with Crippen LogP contribution in [0.5, 0.6) is 0 Å². The number of nitrogens with one attached hydrogen (secondary N) is 1. The molecule has 5 aromatic heterocycles. The average molecular weight is 622 g/mol. The van der Waals surface area contributed by atoms with E-state index in [-0.39, 0.29) is 0 Å². The normalized spacial score (nSPS) is 11.0. The Morgan fingerprint density at radius 3 is 2.26 bits per heavy atom. The summed E-state index contributed by atoms with van der Waals surface area (Å²) in [6.07, 6.45) is 7.28. The molecular formula is C23H22Cl2IN9. The summed E-state index contributed by atoms with van der Waals surface area (Å²) in [5.41, 5.74) is 4.36. The van der Waals surface area contributed by atoms with Gasteiger partial charge >= 0.3 is 0 Å². The number of hydrogen-bond acceptors (Lipinski definition) is 7. The summed E-state index contributed by atoms with van der Waals surface area (Å²) in [5.74, 6) is 1.71. The topological polar surface area (TPSA) is 99.2 Å². The van der Waals surface area contributed by atoms with Crippen LogP contribution in [0, 0.1) is 3.57 Å². The van der Waals surface area contributed by atoms with Crippen LogP contribution in [0.3, 0.4) is 0 Å². The molecule has 35 heavy (non-hydrogen) atoms. The van der Waals surface area contributed by atoms with Crippen molar-refractivity contribution in [3.05, 3.63) is 68.5 Å². The molecule has 0 amide bonds. The van der Waals surface area contributed by atoms with Crippen molar-refractivity contribution < 1.29 is 0 Å². The van der Waals surface area contributed by atoms with Gasteiger partial charge in [-0.3, -0.25) is 14.3 Å². The van der Waals surface area contributed by atoms with Crippen molar-refractivity contribution in [1.82, 2.24) is 39.7 Å². The number of anilines is 2. The molecule has 0 aliphatic rings. The standard InChI is InChI=1S/C19H18ClN7.C4H4ClIN2/c1-11(2)12-7-18(25-22-9-12)24-17-5-4-15-16(23-17)6-13(8-21-15)14-10-27(3)26-19(14)20;1-8-2-3(6)4(5)7-8/h4-11H,1-3H3,(H,23,24,25);2H,1H3. The molecule has 180 valence electrons. The maximum Gasteiger partial charge on any atom is 0.164 e. The third kappa shape index (κ3) is 6.24. The van der Waals surface area contributed by atoms with Crippen LogP contribution in [0.25, 0.3) is 22.2 Å². The summed E-state index contributed by atoms with van der Waals surface area (Å²) in [4.78, 5) is 9.14. The molecule has 0 spiro atoms. The summed E-state index contributed by atoms with van der Waals surface area (Å²) in [6, 6.07) is 7.72. The number of hydrogen-bond donors (Lipinski definition) is 1. The molecule has 0 aliphatic carbocycles. The molecule has 1 N–H and O–H groups in total. The molecule has 0 aromatic carbocycles. The van der Waals surface area contributed by atoms with E-state index in [1.807, 2.05) is 50.8 Å². The minimum Gasteiger partial charge on any atom is -0.323 e. The highest BCUT2D eigenvalue weighted by Crippen LogP contribution is 2.28. The molecule has 0 radical (unpaired) electrons. The molecule has 0 saturated heterocycles. The second-order valence-corrected chi connectivity index (χ2v) is 9.94. The molecule has 0 unspecified atom stereocenters. The summed E-state index contributed by atoms with van der Waals surface area (Å²) in [6.45, 7) is 4.23. The largest absolute Gasteiger partial charge is 0.323 e. The lowest BCUT2D eigenvalue weighted by molar-refractivity contribution is 0.768. The van der Waals surface area contributed by atoms with Gasteiger partial charge in [0, 0.05) is 43.8 Å². The van der Waals surface area contributed by atoms with Gasteiger partial charge in [-0.25, -0.2) is 4.98 Å². The van der Waals surface area contributed by atoms with Gasteiger partial charge in [0.1, 0.15) is 5.82 Å². The second-order valence-electron chi connectivity index (χ2n) is 8.06. The zero-order valence-electron chi connectivity index (χ0n) is 19.4. The number of aryl methyl sites for hydroxylation is 2. The van der Waals surface area contributed by atoms with Gasteiger partial charge in [0.05, 0.1) is 20.8 Å². The smallest absolute Gasteiger partial charge is 0.164 e. The molecule has 0 bridgehead atoms. The van der Waals surface area contributed by atoms with Crippen LogP contribution in [0.1, 0.15) is 25.3 Å². The van der Waals surface area contributed by atoms with Crippen LogP contribution in [0.2, 0.25) is 10.3 Å². The molecule has 5 heterocycles. The fraction of sp³-hybridized carbons (Fsp3) is 0.217. The Bertz CT molecular complexity index is 1460. The lowest BCUT2D eigenvalue weighted by atomic mass is 10.1. The van der Waals surface area contributed by atoms with Crippen molar-refractivity contribution in [2.75, 3.05) is 5.32 Å². The monoisotopic (exact) mass is 621 g/mol. The number of rotatable bonds is 4. The van der Waals surface area contributed by atoms with Crippen LogP contribution < -0.4 is 5.32 Å². The molecule has 5 aromatic rings. The second kappa shape index (κ2) is 10.8. The highest BCUT2D eigenvalue weighted by Gasteiger charge is 2.10. The van der Waals surface area contributed by atoms with Gasteiger partial charge in [0.15, 0.2) is 16.1 Å². The van der Waals surface area contributed by atoms with E-state index in [9.17, 15) is 0 Å². The van der Waals surface area contributed by atoms with Crippen molar-refractivity contribution in [2.24, 2.45) is 14.1 Å². The van der Waals surface area contributed by atoms with Gasteiger partial charge in [-0.15, -0.1) is 5.10 Å². The zero-order valence-corrected chi connectivity index (χ0v) is 23.1. The molecule has 0 saturated carbocycles. The average Bonchev–Trinajstić information content (AvgIpc) is 3.31. The predicted molar refractivity (Wildman–Crippen MR) is 147 cm³/mol. The van der Waals surface area contributed by atoms with E-state index >= 15 is 0 Å². The van der Waals surface area contributed by atoms with Crippen molar-refractivity contribution in [1.29, 1.82) is 0 Å². The van der Waals surface area contributed by atoms with Crippen molar-refractivity contribution >= 4 is 68.5 Å². The van der Waals surface area contributed by atoms with Crippen molar-refractivity contribution in [3.63, 3.8) is 0 Å². The van der Waals surface area contributed by atoms with Gasteiger partial charge in [0.25, 0.3) is 0 Å². The van der Waals surface area contributed by atoms with Crippen LogP contribution in [-0.2, 0) is 14.1 Å². The van der Waals surface area contributed by atoms with Crippen LogP contribution >= 0.6 is 45.8 Å². The molecule has 0 fully saturated rings. The fourth-order valence-corrected chi connectivity index (χ4v) is 4.16. The third-order valence-corrected chi connectivity index (χ3v) is 6.64. The molecular weight excluding hydrogens is 600 g/mol. The maximum atomic E-state index is 6.20. The first kappa shape index (κ1) is 25.3. The summed E-state index contributed by atoms with van der Waals surface area (Å²) < 4.78 is 4.35. The molecule has 0 atom stereocenters. The van der Waals surface area contributed by atoms with E-state index in [0.29, 0.717) is 27.9 Å². The first-order chi connectivity index (χ1) is 16.7. The van der Waals surface area contributed by atoms with E-state index in [0.717, 1.165) is 31.3 Å². The Balaban J connectivity index is 0.000000308. The Morgan fingerprint density at radius 2 is 1.66 bits per heavy atom. The van der Waals surface area contributed by atoms with E-state index in [1.54, 1.807) is 21.8 Å². The summed E-state index contributed by atoms with van der Waals surface area (Å²) in [7, 11) is 3.67. The van der Waals surface area contributed by atoms with Gasteiger partial charge in [0.2, 0.25) is 0 Å². The van der Waals surface area contributed by atoms with Gasteiger partial charge < -0.3 is 5.32 Å². The number of nitrogens with zero attached hydrogens (tertiary/aromatic N) is 8. The predicted octanol–water partition coefficient (Wildman–Crippen LogP) is 6.02. The maximum absolute atomic E-state index is 6.20. The fourth-order valence-electron chi connectivity index (χ4n) is 3.20. The Hall–Kier alpha value is -2.83. The molecule has 0 aliphatic heterocycles. The van der Waals surface area contributed by atoms with E-state index in [1.165, 1.54) is 0 Å². The molecule has 5 rings (SSSR count). The highest BCUT2D eigenvalue weighted by atomic mass is 127. The number of halogens is 3. The summed E-state index contributed by atoms with van der Waals surface area (Å²) >= 11 is 13.9. The van der Waals surface area contributed by atoms with Crippen LogP contribution in [-0.4, -0.2) is 39.7 Å². The Kier molecular flexibility index (Phi) is 7.82. The first-order valence-corrected chi connectivity index (χ1v) is 12.4. The van der Waals surface area contributed by atoms with Crippen LogP contribution in [0.15, 0.2) is 49.1 Å². The minimum absolute atomic E-state index is 0.376. The van der Waals surface area contributed by atoms with E-state index < -0.39 is 0 Å². The van der Waals surface area contributed by atoms with E-state index in [4.69, 9.17) is 23.2 Å². The number of aromatic nitrogens is 8. The third-order valence-electron chi connectivity index (χ3n) is 4.97. The van der Waals surface area contributed by atoms with Gasteiger partial charge in [-0.2, -0.15) is 15.3 Å². The SMILES string of the molecule is CC(C)c1cnnc(Nc2ccc3ncc(-c4cn(C)nc4Cl)cc3n2)c1.Cn1cc(I)c(Cl)n1.